The van der Waals surface area contributed by atoms with E-state index in [1.807, 2.05) is 31.2 Å². The summed E-state index contributed by atoms with van der Waals surface area (Å²) in [6.07, 6.45) is 12.1. The maximum Gasteiger partial charge on any atom is 0.240 e. The Morgan fingerprint density at radius 3 is 2.25 bits per heavy atom. The Morgan fingerprint density at radius 1 is 1.00 bits per heavy atom. The summed E-state index contributed by atoms with van der Waals surface area (Å²) in [7, 11) is 0. The fourth-order valence-electron chi connectivity index (χ4n) is 2.47. The molecule has 0 aromatic heterocycles. The topological polar surface area (TPSA) is 50.7 Å². The Morgan fingerprint density at radius 2 is 1.62 bits per heavy atom. The standard InChI is InChI=1S/C20H32N2O2/c1-3-5-6-7-8-9-10-11-12-20(23)22-21-17-18-13-15-19(16-14-18)24-4-2/h13-17H,3-12H2,1-2H3,(H,22,23). The van der Waals surface area contributed by atoms with Gasteiger partial charge in [-0.25, -0.2) is 5.43 Å². The Kier molecular flexibility index (Phi) is 11.4. The molecule has 0 atom stereocenters. The molecule has 0 bridgehead atoms. The molecule has 0 unspecified atom stereocenters. The zero-order valence-electron chi connectivity index (χ0n) is 15.2. The summed E-state index contributed by atoms with van der Waals surface area (Å²) in [4.78, 5) is 11.7. The van der Waals surface area contributed by atoms with Crippen LogP contribution in [0.5, 0.6) is 5.75 Å². The minimum atomic E-state index is -0.0110. The number of nitrogens with zero attached hydrogens (tertiary/aromatic N) is 1. The fraction of sp³-hybridized carbons (Fsp3) is 0.600. The highest BCUT2D eigenvalue weighted by Gasteiger charge is 1.99. The monoisotopic (exact) mass is 332 g/mol. The van der Waals surface area contributed by atoms with Crippen LogP contribution in [0.2, 0.25) is 0 Å². The van der Waals surface area contributed by atoms with Crippen molar-refractivity contribution in [3.05, 3.63) is 29.8 Å². The van der Waals surface area contributed by atoms with Crippen molar-refractivity contribution >= 4 is 12.1 Å². The minimum Gasteiger partial charge on any atom is -0.494 e. The quantitative estimate of drug-likeness (QED) is 0.311. The molecule has 0 saturated carbocycles. The van der Waals surface area contributed by atoms with Crippen molar-refractivity contribution < 1.29 is 9.53 Å². The molecule has 1 N–H and O–H groups in total. The summed E-state index contributed by atoms with van der Waals surface area (Å²) in [5, 5.41) is 4.00. The molecule has 1 aromatic carbocycles. The van der Waals surface area contributed by atoms with E-state index in [1.54, 1.807) is 6.21 Å². The van der Waals surface area contributed by atoms with E-state index in [9.17, 15) is 4.79 Å². The second-order valence-electron chi connectivity index (χ2n) is 6.02. The molecule has 0 aliphatic rings. The summed E-state index contributed by atoms with van der Waals surface area (Å²) in [6, 6.07) is 7.62. The molecule has 1 rings (SSSR count). The summed E-state index contributed by atoms with van der Waals surface area (Å²) < 4.78 is 5.38. The van der Waals surface area contributed by atoms with Gasteiger partial charge in [0.1, 0.15) is 5.75 Å². The van der Waals surface area contributed by atoms with Gasteiger partial charge in [0.25, 0.3) is 0 Å². The molecule has 4 nitrogen and oxygen atoms in total. The van der Waals surface area contributed by atoms with Crippen LogP contribution in [0, 0.1) is 0 Å². The van der Waals surface area contributed by atoms with Gasteiger partial charge in [0.15, 0.2) is 0 Å². The first-order valence-corrected chi connectivity index (χ1v) is 9.31. The summed E-state index contributed by atoms with van der Waals surface area (Å²) in [5.74, 6) is 0.830. The average Bonchev–Trinajstić information content (AvgIpc) is 2.59. The fourth-order valence-corrected chi connectivity index (χ4v) is 2.47. The molecule has 1 aromatic rings. The van der Waals surface area contributed by atoms with Crippen molar-refractivity contribution in [1.82, 2.24) is 5.43 Å². The van der Waals surface area contributed by atoms with Crippen LogP contribution in [0.15, 0.2) is 29.4 Å². The van der Waals surface area contributed by atoms with Crippen LogP contribution in [0.4, 0.5) is 0 Å². The number of hydrogen-bond acceptors (Lipinski definition) is 3. The lowest BCUT2D eigenvalue weighted by Crippen LogP contribution is -2.16. The Balaban J connectivity index is 2.08. The van der Waals surface area contributed by atoms with Gasteiger partial charge in [0, 0.05) is 6.42 Å². The summed E-state index contributed by atoms with van der Waals surface area (Å²) >= 11 is 0. The predicted molar refractivity (Wildman–Crippen MR) is 101 cm³/mol. The van der Waals surface area contributed by atoms with Crippen molar-refractivity contribution in [1.29, 1.82) is 0 Å². The maximum absolute atomic E-state index is 11.7. The third-order valence-electron chi connectivity index (χ3n) is 3.85. The van der Waals surface area contributed by atoms with Gasteiger partial charge in [-0.3, -0.25) is 4.79 Å². The van der Waals surface area contributed by atoms with Crippen molar-refractivity contribution in [2.75, 3.05) is 6.61 Å². The van der Waals surface area contributed by atoms with Crippen molar-refractivity contribution in [3.63, 3.8) is 0 Å². The van der Waals surface area contributed by atoms with Crippen molar-refractivity contribution in [2.24, 2.45) is 5.10 Å². The van der Waals surface area contributed by atoms with Crippen molar-refractivity contribution in [2.45, 2.75) is 71.6 Å². The Labute approximate surface area is 146 Å². The van der Waals surface area contributed by atoms with Gasteiger partial charge >= 0.3 is 0 Å². The summed E-state index contributed by atoms with van der Waals surface area (Å²) in [6.45, 7) is 4.84. The zero-order chi connectivity index (χ0) is 17.5. The van der Waals surface area contributed by atoms with Crippen LogP contribution in [-0.2, 0) is 4.79 Å². The first-order valence-electron chi connectivity index (χ1n) is 9.31. The highest BCUT2D eigenvalue weighted by atomic mass is 16.5. The Hall–Kier alpha value is -1.84. The third-order valence-corrected chi connectivity index (χ3v) is 3.85. The lowest BCUT2D eigenvalue weighted by Gasteiger charge is -2.03. The van der Waals surface area contributed by atoms with Gasteiger partial charge in [0.05, 0.1) is 12.8 Å². The van der Waals surface area contributed by atoms with Crippen molar-refractivity contribution in [3.8, 4) is 5.75 Å². The zero-order valence-corrected chi connectivity index (χ0v) is 15.2. The molecule has 0 saturated heterocycles. The number of hydrogen-bond donors (Lipinski definition) is 1. The molecule has 1 amide bonds. The van der Waals surface area contributed by atoms with Gasteiger partial charge in [-0.15, -0.1) is 0 Å². The molecule has 134 valence electrons. The van der Waals surface area contributed by atoms with Crippen LogP contribution >= 0.6 is 0 Å². The van der Waals surface area contributed by atoms with Crippen LogP contribution in [0.3, 0.4) is 0 Å². The van der Waals surface area contributed by atoms with E-state index in [4.69, 9.17) is 4.74 Å². The van der Waals surface area contributed by atoms with Gasteiger partial charge in [0.2, 0.25) is 5.91 Å². The van der Waals surface area contributed by atoms with Gasteiger partial charge in [-0.2, -0.15) is 5.10 Å². The van der Waals surface area contributed by atoms with E-state index in [1.165, 1.54) is 38.5 Å². The largest absolute Gasteiger partial charge is 0.494 e. The van der Waals surface area contributed by atoms with Crippen LogP contribution in [0.25, 0.3) is 0 Å². The molecular formula is C20H32N2O2. The van der Waals surface area contributed by atoms with E-state index in [2.05, 4.69) is 17.5 Å². The molecule has 24 heavy (non-hydrogen) atoms. The highest BCUT2D eigenvalue weighted by molar-refractivity contribution is 5.82. The Bertz CT molecular complexity index is 469. The van der Waals surface area contributed by atoms with Crippen LogP contribution < -0.4 is 10.2 Å². The van der Waals surface area contributed by atoms with E-state index in [-0.39, 0.29) is 5.91 Å². The number of unbranched alkanes of at least 4 members (excludes halogenated alkanes) is 7. The molecule has 0 spiro atoms. The van der Waals surface area contributed by atoms with E-state index < -0.39 is 0 Å². The minimum absolute atomic E-state index is 0.0110. The molecular weight excluding hydrogens is 300 g/mol. The molecule has 0 aliphatic heterocycles. The van der Waals surface area contributed by atoms with E-state index in [0.717, 1.165) is 24.2 Å². The van der Waals surface area contributed by atoms with Crippen LogP contribution in [-0.4, -0.2) is 18.7 Å². The smallest absolute Gasteiger partial charge is 0.240 e. The molecule has 4 heteroatoms. The first-order chi connectivity index (χ1) is 11.8. The van der Waals surface area contributed by atoms with E-state index in [0.29, 0.717) is 13.0 Å². The highest BCUT2D eigenvalue weighted by Crippen LogP contribution is 2.11. The van der Waals surface area contributed by atoms with Crippen LogP contribution in [0.1, 0.15) is 77.2 Å². The van der Waals surface area contributed by atoms with Gasteiger partial charge in [-0.1, -0.05) is 51.9 Å². The molecule has 0 radical (unpaired) electrons. The second kappa shape index (κ2) is 13.6. The normalized spacial score (nSPS) is 10.9. The third kappa shape index (κ3) is 10.0. The summed E-state index contributed by atoms with van der Waals surface area (Å²) in [5.41, 5.74) is 3.52. The number of hydrazone groups is 1. The predicted octanol–water partition coefficient (Wildman–Crippen LogP) is 5.07. The maximum atomic E-state index is 11.7. The first kappa shape index (κ1) is 20.2. The average molecular weight is 332 g/mol. The lowest BCUT2D eigenvalue weighted by molar-refractivity contribution is -0.121. The number of carbonyl (C=O) groups excluding carboxylic acids is 1. The number of carbonyl (C=O) groups is 1. The molecule has 0 fully saturated rings. The SMILES string of the molecule is CCCCCCCCCCC(=O)NN=Cc1ccc(OCC)cc1. The number of ether oxygens (including phenoxy) is 1. The number of nitrogens with one attached hydrogen (secondary N) is 1. The van der Waals surface area contributed by atoms with Gasteiger partial charge in [-0.05, 0) is 43.2 Å². The van der Waals surface area contributed by atoms with Gasteiger partial charge < -0.3 is 4.74 Å². The molecule has 0 aliphatic carbocycles. The van der Waals surface area contributed by atoms with E-state index >= 15 is 0 Å². The number of benzene rings is 1. The number of rotatable bonds is 13. The second-order valence-corrected chi connectivity index (χ2v) is 6.02. The lowest BCUT2D eigenvalue weighted by atomic mass is 10.1. The molecule has 0 heterocycles. The number of amides is 1.